The molecule has 1 aromatic carbocycles. The molecule has 0 unspecified atom stereocenters. The highest BCUT2D eigenvalue weighted by molar-refractivity contribution is 5.42. The highest BCUT2D eigenvalue weighted by atomic mass is 16.5. The third-order valence-electron chi connectivity index (χ3n) is 2.87. The Morgan fingerprint density at radius 2 is 2.00 bits per heavy atom. The van der Waals surface area contributed by atoms with Gasteiger partial charge in [0.25, 0.3) is 0 Å². The molecule has 1 N–H and O–H groups in total. The fourth-order valence-electron chi connectivity index (χ4n) is 1.78. The third-order valence-corrected chi connectivity index (χ3v) is 2.87. The molecule has 0 aliphatic carbocycles. The Kier molecular flexibility index (Phi) is 7.34. The van der Waals surface area contributed by atoms with E-state index in [4.69, 9.17) is 9.47 Å². The molecule has 0 fully saturated rings. The van der Waals surface area contributed by atoms with E-state index in [0.29, 0.717) is 5.92 Å². The monoisotopic (exact) mass is 265 g/mol. The van der Waals surface area contributed by atoms with E-state index in [1.807, 2.05) is 6.07 Å². The fourth-order valence-corrected chi connectivity index (χ4v) is 1.78. The lowest BCUT2D eigenvalue weighted by Crippen LogP contribution is -2.18. The Bertz CT molecular complexity index is 364. The van der Waals surface area contributed by atoms with Crippen molar-refractivity contribution in [3.05, 3.63) is 23.8 Å². The Labute approximate surface area is 117 Å². The number of methoxy groups -OCH3 is 1. The molecule has 0 amide bonds. The molecule has 0 aliphatic heterocycles. The van der Waals surface area contributed by atoms with Crippen LogP contribution in [0.2, 0.25) is 0 Å². The van der Waals surface area contributed by atoms with Gasteiger partial charge in [-0.3, -0.25) is 0 Å². The van der Waals surface area contributed by atoms with Crippen LogP contribution >= 0.6 is 0 Å². The van der Waals surface area contributed by atoms with E-state index in [9.17, 15) is 0 Å². The molecular weight excluding hydrogens is 238 g/mol. The van der Waals surface area contributed by atoms with E-state index in [2.05, 4.69) is 38.2 Å². The lowest BCUT2D eigenvalue weighted by molar-refractivity contribution is 0.288. The van der Waals surface area contributed by atoms with Crippen LogP contribution < -0.4 is 14.8 Å². The highest BCUT2D eigenvalue weighted by Gasteiger charge is 2.06. The first-order chi connectivity index (χ1) is 9.17. The predicted octanol–water partition coefficient (Wildman–Crippen LogP) is 3.62. The average Bonchev–Trinajstić information content (AvgIpc) is 2.39. The smallest absolute Gasteiger partial charge is 0.161 e. The van der Waals surface area contributed by atoms with Gasteiger partial charge in [-0.05, 0) is 36.6 Å². The first-order valence-electron chi connectivity index (χ1n) is 7.17. The molecule has 1 aromatic rings. The van der Waals surface area contributed by atoms with Crippen LogP contribution in [0.1, 0.15) is 39.2 Å². The van der Waals surface area contributed by atoms with Crippen LogP contribution in [0.5, 0.6) is 11.5 Å². The van der Waals surface area contributed by atoms with Crippen LogP contribution in [0, 0.1) is 5.92 Å². The Hall–Kier alpha value is -1.22. The zero-order chi connectivity index (χ0) is 14.1. The largest absolute Gasteiger partial charge is 0.493 e. The van der Waals surface area contributed by atoms with Crippen LogP contribution in [-0.2, 0) is 6.54 Å². The Morgan fingerprint density at radius 1 is 1.21 bits per heavy atom. The second kappa shape index (κ2) is 8.81. The van der Waals surface area contributed by atoms with Gasteiger partial charge in [0.05, 0.1) is 13.7 Å². The third kappa shape index (κ3) is 5.97. The van der Waals surface area contributed by atoms with E-state index in [1.54, 1.807) is 7.11 Å². The molecule has 1 rings (SSSR count). The van der Waals surface area contributed by atoms with Crippen LogP contribution in [0.4, 0.5) is 0 Å². The van der Waals surface area contributed by atoms with Crippen molar-refractivity contribution >= 4 is 0 Å². The predicted molar refractivity (Wildman–Crippen MR) is 79.9 cm³/mol. The summed E-state index contributed by atoms with van der Waals surface area (Å²) >= 11 is 0. The van der Waals surface area contributed by atoms with Crippen molar-refractivity contribution < 1.29 is 9.47 Å². The van der Waals surface area contributed by atoms with Gasteiger partial charge in [-0.15, -0.1) is 0 Å². The average molecular weight is 265 g/mol. The molecule has 0 atom stereocenters. The summed E-state index contributed by atoms with van der Waals surface area (Å²) in [4.78, 5) is 0. The van der Waals surface area contributed by atoms with Crippen molar-refractivity contribution in [2.45, 2.75) is 40.2 Å². The lowest BCUT2D eigenvalue weighted by atomic mass is 10.2. The SMILES string of the molecule is CCCCOc1cc(CNCC(C)C)ccc1OC. The Morgan fingerprint density at radius 3 is 2.63 bits per heavy atom. The molecule has 19 heavy (non-hydrogen) atoms. The van der Waals surface area contributed by atoms with E-state index in [0.717, 1.165) is 44.0 Å². The molecule has 0 saturated heterocycles. The maximum absolute atomic E-state index is 5.78. The van der Waals surface area contributed by atoms with E-state index in [1.165, 1.54) is 5.56 Å². The molecule has 0 radical (unpaired) electrons. The molecule has 0 bridgehead atoms. The fraction of sp³-hybridized carbons (Fsp3) is 0.625. The summed E-state index contributed by atoms with van der Waals surface area (Å²) < 4.78 is 11.1. The van der Waals surface area contributed by atoms with Gasteiger partial charge in [-0.1, -0.05) is 33.3 Å². The molecular formula is C16H27NO2. The second-order valence-corrected chi connectivity index (χ2v) is 5.21. The van der Waals surface area contributed by atoms with Gasteiger partial charge in [0.2, 0.25) is 0 Å². The zero-order valence-electron chi connectivity index (χ0n) is 12.7. The summed E-state index contributed by atoms with van der Waals surface area (Å²) in [5, 5.41) is 3.44. The molecule has 108 valence electrons. The molecule has 0 spiro atoms. The Balaban J connectivity index is 2.60. The van der Waals surface area contributed by atoms with Gasteiger partial charge < -0.3 is 14.8 Å². The number of hydrogen-bond donors (Lipinski definition) is 1. The summed E-state index contributed by atoms with van der Waals surface area (Å²) in [5.41, 5.74) is 1.23. The van der Waals surface area contributed by atoms with Crippen molar-refractivity contribution in [2.24, 2.45) is 5.92 Å². The second-order valence-electron chi connectivity index (χ2n) is 5.21. The van der Waals surface area contributed by atoms with Crippen LogP contribution in [-0.4, -0.2) is 20.3 Å². The first kappa shape index (κ1) is 15.8. The van der Waals surface area contributed by atoms with Crippen LogP contribution in [0.25, 0.3) is 0 Å². The number of rotatable bonds is 9. The van der Waals surface area contributed by atoms with Gasteiger partial charge >= 0.3 is 0 Å². The zero-order valence-corrected chi connectivity index (χ0v) is 12.7. The maximum Gasteiger partial charge on any atom is 0.161 e. The van der Waals surface area contributed by atoms with Crippen molar-refractivity contribution in [1.82, 2.24) is 5.32 Å². The molecule has 0 aromatic heterocycles. The standard InChI is InChI=1S/C16H27NO2/c1-5-6-9-19-16-10-14(7-8-15(16)18-4)12-17-11-13(2)3/h7-8,10,13,17H,5-6,9,11-12H2,1-4H3. The lowest BCUT2D eigenvalue weighted by Gasteiger charge is -2.13. The van der Waals surface area contributed by atoms with Crippen molar-refractivity contribution in [1.29, 1.82) is 0 Å². The number of ether oxygens (including phenoxy) is 2. The number of unbranched alkanes of at least 4 members (excludes halogenated alkanes) is 1. The van der Waals surface area contributed by atoms with Gasteiger partial charge in [-0.25, -0.2) is 0 Å². The van der Waals surface area contributed by atoms with Gasteiger partial charge in [0, 0.05) is 6.54 Å². The summed E-state index contributed by atoms with van der Waals surface area (Å²) in [5.74, 6) is 2.32. The van der Waals surface area contributed by atoms with Crippen molar-refractivity contribution in [3.63, 3.8) is 0 Å². The number of benzene rings is 1. The quantitative estimate of drug-likeness (QED) is 0.692. The van der Waals surface area contributed by atoms with E-state index >= 15 is 0 Å². The number of hydrogen-bond acceptors (Lipinski definition) is 3. The van der Waals surface area contributed by atoms with Crippen molar-refractivity contribution in [2.75, 3.05) is 20.3 Å². The summed E-state index contributed by atoms with van der Waals surface area (Å²) in [7, 11) is 1.68. The summed E-state index contributed by atoms with van der Waals surface area (Å²) in [6.45, 7) is 9.22. The van der Waals surface area contributed by atoms with Crippen LogP contribution in [0.15, 0.2) is 18.2 Å². The van der Waals surface area contributed by atoms with Gasteiger partial charge in [0.15, 0.2) is 11.5 Å². The molecule has 3 heteroatoms. The molecule has 0 aliphatic rings. The van der Waals surface area contributed by atoms with Gasteiger partial charge in [-0.2, -0.15) is 0 Å². The topological polar surface area (TPSA) is 30.5 Å². The maximum atomic E-state index is 5.78. The van der Waals surface area contributed by atoms with Crippen molar-refractivity contribution in [3.8, 4) is 11.5 Å². The normalized spacial score (nSPS) is 10.8. The molecule has 0 saturated carbocycles. The summed E-state index contributed by atoms with van der Waals surface area (Å²) in [6, 6.07) is 6.13. The number of nitrogens with one attached hydrogen (secondary N) is 1. The minimum Gasteiger partial charge on any atom is -0.493 e. The van der Waals surface area contributed by atoms with E-state index in [-0.39, 0.29) is 0 Å². The molecule has 3 nitrogen and oxygen atoms in total. The molecule has 0 heterocycles. The van der Waals surface area contributed by atoms with E-state index < -0.39 is 0 Å². The summed E-state index contributed by atoms with van der Waals surface area (Å²) in [6.07, 6.45) is 2.21. The van der Waals surface area contributed by atoms with Crippen LogP contribution in [0.3, 0.4) is 0 Å². The highest BCUT2D eigenvalue weighted by Crippen LogP contribution is 2.28. The first-order valence-corrected chi connectivity index (χ1v) is 7.17. The minimum atomic E-state index is 0.665. The van der Waals surface area contributed by atoms with Gasteiger partial charge in [0.1, 0.15) is 0 Å². The minimum absolute atomic E-state index is 0.665.